The Bertz CT molecular complexity index is 273. The van der Waals surface area contributed by atoms with Gasteiger partial charge in [-0.3, -0.25) is 0 Å². The first-order valence-corrected chi connectivity index (χ1v) is 5.67. The summed E-state index contributed by atoms with van der Waals surface area (Å²) in [5, 5.41) is 9.02. The van der Waals surface area contributed by atoms with Gasteiger partial charge in [-0.05, 0) is 31.8 Å². The Labute approximate surface area is 90.5 Å². The lowest BCUT2D eigenvalue weighted by Crippen LogP contribution is -2.23. The number of aromatic nitrogens is 2. The largest absolute Gasteiger partial charge is 0.396 e. The minimum Gasteiger partial charge on any atom is -0.396 e. The number of rotatable bonds is 5. The second kappa shape index (κ2) is 5.28. The quantitative estimate of drug-likeness (QED) is 0.771. The summed E-state index contributed by atoms with van der Waals surface area (Å²) in [4.78, 5) is 6.46. The number of aliphatic hydroxyl groups excluding tert-OH is 1. The van der Waals surface area contributed by atoms with Gasteiger partial charge in [0.2, 0.25) is 0 Å². The molecule has 84 valence electrons. The lowest BCUT2D eigenvalue weighted by atomic mass is 10.1. The first-order valence-electron chi connectivity index (χ1n) is 5.67. The highest BCUT2D eigenvalue weighted by atomic mass is 16.3. The minimum absolute atomic E-state index is 0.345. The normalized spacial score (nSPS) is 22.3. The zero-order valence-corrected chi connectivity index (χ0v) is 9.05. The third-order valence-electron chi connectivity index (χ3n) is 3.08. The highest BCUT2D eigenvalue weighted by Crippen LogP contribution is 2.15. The lowest BCUT2D eigenvalue weighted by molar-refractivity contribution is 0.220. The summed E-state index contributed by atoms with van der Waals surface area (Å²) in [6, 6.07) is 0. The number of likely N-dealkylation sites (tertiary alicyclic amines) is 1. The van der Waals surface area contributed by atoms with Crippen molar-refractivity contribution in [3.05, 3.63) is 18.7 Å². The molecule has 0 radical (unpaired) electrons. The van der Waals surface area contributed by atoms with Crippen LogP contribution in [-0.4, -0.2) is 45.8 Å². The SMILES string of the molecule is OCC1CCN(CCCn2ccnc2)C1. The smallest absolute Gasteiger partial charge is 0.0945 e. The fourth-order valence-electron chi connectivity index (χ4n) is 2.16. The summed E-state index contributed by atoms with van der Waals surface area (Å²) in [5.41, 5.74) is 0. The Morgan fingerprint density at radius 3 is 3.00 bits per heavy atom. The third-order valence-corrected chi connectivity index (χ3v) is 3.08. The standard InChI is InChI=1S/C11H19N3O/c15-9-11-2-6-13(8-11)4-1-5-14-7-3-12-10-14/h3,7,10-11,15H,1-2,4-6,8-9H2. The van der Waals surface area contributed by atoms with Crippen LogP contribution in [-0.2, 0) is 6.54 Å². The van der Waals surface area contributed by atoms with Gasteiger partial charge in [0.1, 0.15) is 0 Å². The molecular weight excluding hydrogens is 190 g/mol. The lowest BCUT2D eigenvalue weighted by Gasteiger charge is -2.15. The van der Waals surface area contributed by atoms with E-state index in [1.807, 2.05) is 18.7 Å². The van der Waals surface area contributed by atoms with Gasteiger partial charge in [0, 0.05) is 32.1 Å². The average molecular weight is 209 g/mol. The molecule has 0 aromatic carbocycles. The zero-order valence-electron chi connectivity index (χ0n) is 9.05. The molecule has 1 aliphatic heterocycles. The van der Waals surface area contributed by atoms with E-state index >= 15 is 0 Å². The van der Waals surface area contributed by atoms with Gasteiger partial charge >= 0.3 is 0 Å². The van der Waals surface area contributed by atoms with Crippen molar-refractivity contribution in [3.8, 4) is 0 Å². The molecule has 1 aliphatic rings. The number of imidazole rings is 1. The summed E-state index contributed by atoms with van der Waals surface area (Å²) in [6.07, 6.45) is 7.99. The van der Waals surface area contributed by atoms with Gasteiger partial charge in [-0.2, -0.15) is 0 Å². The molecule has 2 heterocycles. The second-order valence-electron chi connectivity index (χ2n) is 4.29. The van der Waals surface area contributed by atoms with Crippen LogP contribution in [0.4, 0.5) is 0 Å². The molecule has 1 aromatic heterocycles. The van der Waals surface area contributed by atoms with Gasteiger partial charge < -0.3 is 14.6 Å². The Morgan fingerprint density at radius 1 is 1.40 bits per heavy atom. The van der Waals surface area contributed by atoms with Crippen molar-refractivity contribution >= 4 is 0 Å². The number of nitrogens with zero attached hydrogens (tertiary/aromatic N) is 3. The van der Waals surface area contributed by atoms with Gasteiger partial charge in [0.15, 0.2) is 0 Å². The van der Waals surface area contributed by atoms with E-state index in [0.717, 1.165) is 39.0 Å². The molecule has 4 heteroatoms. The van der Waals surface area contributed by atoms with E-state index in [0.29, 0.717) is 12.5 Å². The molecule has 1 fully saturated rings. The number of aliphatic hydroxyl groups is 1. The molecule has 4 nitrogen and oxygen atoms in total. The molecule has 1 aromatic rings. The third kappa shape index (κ3) is 3.04. The Balaban J connectivity index is 1.63. The van der Waals surface area contributed by atoms with Crippen LogP contribution in [0.5, 0.6) is 0 Å². The van der Waals surface area contributed by atoms with E-state index in [2.05, 4.69) is 14.5 Å². The molecule has 0 saturated carbocycles. The van der Waals surface area contributed by atoms with E-state index in [1.54, 1.807) is 0 Å². The molecule has 15 heavy (non-hydrogen) atoms. The van der Waals surface area contributed by atoms with Crippen LogP contribution in [0.15, 0.2) is 18.7 Å². The summed E-state index contributed by atoms with van der Waals surface area (Å²) in [6.45, 7) is 4.74. The number of hydrogen-bond donors (Lipinski definition) is 1. The van der Waals surface area contributed by atoms with E-state index in [9.17, 15) is 0 Å². The molecule has 1 N–H and O–H groups in total. The highest BCUT2D eigenvalue weighted by molar-refractivity contribution is 4.76. The molecule has 2 rings (SSSR count). The van der Waals surface area contributed by atoms with E-state index in [1.165, 1.54) is 0 Å². The van der Waals surface area contributed by atoms with Gasteiger partial charge in [-0.25, -0.2) is 4.98 Å². The van der Waals surface area contributed by atoms with Crippen LogP contribution in [0, 0.1) is 5.92 Å². The van der Waals surface area contributed by atoms with Gasteiger partial charge in [-0.15, -0.1) is 0 Å². The fourth-order valence-corrected chi connectivity index (χ4v) is 2.16. The Morgan fingerprint density at radius 2 is 2.33 bits per heavy atom. The van der Waals surface area contributed by atoms with Crippen LogP contribution >= 0.6 is 0 Å². The van der Waals surface area contributed by atoms with Gasteiger partial charge in [-0.1, -0.05) is 0 Å². The fraction of sp³-hybridized carbons (Fsp3) is 0.727. The van der Waals surface area contributed by atoms with Crippen LogP contribution in [0.2, 0.25) is 0 Å². The van der Waals surface area contributed by atoms with Crippen LogP contribution in [0.25, 0.3) is 0 Å². The van der Waals surface area contributed by atoms with Crippen molar-refractivity contribution in [2.45, 2.75) is 19.4 Å². The highest BCUT2D eigenvalue weighted by Gasteiger charge is 2.20. The molecule has 0 bridgehead atoms. The van der Waals surface area contributed by atoms with Gasteiger partial charge in [0.05, 0.1) is 6.33 Å². The van der Waals surface area contributed by atoms with Crippen molar-refractivity contribution in [1.29, 1.82) is 0 Å². The van der Waals surface area contributed by atoms with Crippen LogP contribution < -0.4 is 0 Å². The molecular formula is C11H19N3O. The van der Waals surface area contributed by atoms with Crippen molar-refractivity contribution in [3.63, 3.8) is 0 Å². The Kier molecular flexibility index (Phi) is 3.75. The van der Waals surface area contributed by atoms with E-state index in [-0.39, 0.29) is 0 Å². The van der Waals surface area contributed by atoms with E-state index in [4.69, 9.17) is 5.11 Å². The summed E-state index contributed by atoms with van der Waals surface area (Å²) in [7, 11) is 0. The maximum absolute atomic E-state index is 9.02. The van der Waals surface area contributed by atoms with Crippen molar-refractivity contribution in [1.82, 2.24) is 14.5 Å². The molecule has 1 unspecified atom stereocenters. The zero-order chi connectivity index (χ0) is 10.5. The molecule has 1 saturated heterocycles. The topological polar surface area (TPSA) is 41.3 Å². The maximum atomic E-state index is 9.02. The summed E-state index contributed by atoms with van der Waals surface area (Å²) >= 11 is 0. The predicted octanol–water partition coefficient (Wildman–Crippen LogP) is 0.587. The first kappa shape index (κ1) is 10.6. The summed E-state index contributed by atoms with van der Waals surface area (Å²) in [5.74, 6) is 0.512. The molecule has 0 spiro atoms. The van der Waals surface area contributed by atoms with Crippen molar-refractivity contribution < 1.29 is 5.11 Å². The maximum Gasteiger partial charge on any atom is 0.0945 e. The van der Waals surface area contributed by atoms with Crippen molar-refractivity contribution in [2.75, 3.05) is 26.2 Å². The van der Waals surface area contributed by atoms with Crippen molar-refractivity contribution in [2.24, 2.45) is 5.92 Å². The second-order valence-corrected chi connectivity index (χ2v) is 4.29. The minimum atomic E-state index is 0.345. The summed E-state index contributed by atoms with van der Waals surface area (Å²) < 4.78 is 2.11. The average Bonchev–Trinajstić information content (AvgIpc) is 2.88. The number of aryl methyl sites for hydroxylation is 1. The predicted molar refractivity (Wildman–Crippen MR) is 58.5 cm³/mol. The van der Waals surface area contributed by atoms with Crippen LogP contribution in [0.3, 0.4) is 0 Å². The molecule has 0 aliphatic carbocycles. The van der Waals surface area contributed by atoms with E-state index < -0.39 is 0 Å². The Hall–Kier alpha value is -0.870. The van der Waals surface area contributed by atoms with Crippen LogP contribution in [0.1, 0.15) is 12.8 Å². The monoisotopic (exact) mass is 209 g/mol. The first-order chi connectivity index (χ1) is 7.38. The van der Waals surface area contributed by atoms with Gasteiger partial charge in [0.25, 0.3) is 0 Å². The molecule has 1 atom stereocenters. The number of hydrogen-bond acceptors (Lipinski definition) is 3. The molecule has 0 amide bonds.